The summed E-state index contributed by atoms with van der Waals surface area (Å²) >= 11 is 0. The highest BCUT2D eigenvalue weighted by molar-refractivity contribution is 5.97. The second-order valence-electron chi connectivity index (χ2n) is 5.97. The van der Waals surface area contributed by atoms with Crippen LogP contribution >= 0.6 is 0 Å². The average molecular weight is 326 g/mol. The molecule has 0 spiro atoms. The first-order valence-corrected chi connectivity index (χ1v) is 7.95. The van der Waals surface area contributed by atoms with Crippen molar-refractivity contribution in [1.29, 1.82) is 0 Å². The Balaban J connectivity index is 2.20. The normalized spacial score (nSPS) is 17.0. The summed E-state index contributed by atoms with van der Waals surface area (Å²) in [7, 11) is 0. The zero-order valence-corrected chi connectivity index (χ0v) is 13.7. The lowest BCUT2D eigenvalue weighted by Crippen LogP contribution is -2.38. The second-order valence-corrected chi connectivity index (χ2v) is 5.97. The van der Waals surface area contributed by atoms with Crippen molar-refractivity contribution in [3.05, 3.63) is 65.0 Å². The summed E-state index contributed by atoms with van der Waals surface area (Å²) < 4.78 is 13.3. The van der Waals surface area contributed by atoms with Gasteiger partial charge in [0.1, 0.15) is 12.4 Å². The molecule has 0 saturated heterocycles. The van der Waals surface area contributed by atoms with Crippen molar-refractivity contribution in [2.24, 2.45) is 0 Å². The molecule has 1 atom stereocenters. The van der Waals surface area contributed by atoms with Crippen LogP contribution in [0.2, 0.25) is 0 Å². The van der Waals surface area contributed by atoms with E-state index in [4.69, 9.17) is 0 Å². The van der Waals surface area contributed by atoms with Crippen molar-refractivity contribution in [2.45, 2.75) is 26.3 Å². The van der Waals surface area contributed by atoms with Crippen LogP contribution < -0.4 is 5.32 Å². The van der Waals surface area contributed by atoms with Crippen molar-refractivity contribution >= 4 is 17.5 Å². The molecule has 0 radical (unpaired) electrons. The number of carbonyl (C=O) groups is 2. The van der Waals surface area contributed by atoms with Crippen LogP contribution in [0.15, 0.2) is 42.5 Å². The predicted molar refractivity (Wildman–Crippen MR) is 90.1 cm³/mol. The number of nitrogens with zero attached hydrogens (tertiary/aromatic N) is 1. The summed E-state index contributed by atoms with van der Waals surface area (Å²) in [5, 5.41) is 2.86. The Morgan fingerprint density at radius 3 is 2.62 bits per heavy atom. The Morgan fingerprint density at radius 2 is 1.96 bits per heavy atom. The van der Waals surface area contributed by atoms with Gasteiger partial charge in [-0.05, 0) is 30.7 Å². The lowest BCUT2D eigenvalue weighted by atomic mass is 9.94. The average Bonchev–Trinajstić information content (AvgIpc) is 2.71. The first kappa shape index (κ1) is 16.2. The standard InChI is InChI=1S/C19H19FN2O2/c1-3-18(24)22-11-17(23)21-16-9-4-12(2)10-15(16)19(22)13-5-7-14(20)8-6-13/h4-10,19H,3,11H2,1-2H3,(H,21,23)/t19-/m0/s1. The molecule has 3 rings (SSSR count). The maximum absolute atomic E-state index is 13.3. The number of amides is 2. The van der Waals surface area contributed by atoms with E-state index < -0.39 is 6.04 Å². The van der Waals surface area contributed by atoms with E-state index in [1.165, 1.54) is 12.1 Å². The molecule has 1 heterocycles. The Morgan fingerprint density at radius 1 is 1.25 bits per heavy atom. The summed E-state index contributed by atoms with van der Waals surface area (Å²) in [4.78, 5) is 26.3. The largest absolute Gasteiger partial charge is 0.324 e. The van der Waals surface area contributed by atoms with Crippen LogP contribution in [0.4, 0.5) is 10.1 Å². The second kappa shape index (κ2) is 6.43. The van der Waals surface area contributed by atoms with Gasteiger partial charge in [-0.25, -0.2) is 4.39 Å². The molecule has 5 heteroatoms. The SMILES string of the molecule is CCC(=O)N1CC(=O)Nc2ccc(C)cc2[C@@H]1c1ccc(F)cc1. The van der Waals surface area contributed by atoms with E-state index in [0.717, 1.165) is 16.7 Å². The molecule has 124 valence electrons. The van der Waals surface area contributed by atoms with Crippen LogP contribution in [0.1, 0.15) is 36.1 Å². The molecule has 1 aliphatic heterocycles. The molecule has 24 heavy (non-hydrogen) atoms. The van der Waals surface area contributed by atoms with E-state index in [2.05, 4.69) is 5.32 Å². The molecule has 2 aromatic carbocycles. The third-order valence-electron chi connectivity index (χ3n) is 4.21. The van der Waals surface area contributed by atoms with Crippen molar-refractivity contribution < 1.29 is 14.0 Å². The van der Waals surface area contributed by atoms with Gasteiger partial charge in [-0.1, -0.05) is 36.8 Å². The van der Waals surface area contributed by atoms with Crippen LogP contribution in [-0.2, 0) is 9.59 Å². The monoisotopic (exact) mass is 326 g/mol. The number of rotatable bonds is 2. The fourth-order valence-electron chi connectivity index (χ4n) is 3.07. The number of halogens is 1. The molecule has 4 nitrogen and oxygen atoms in total. The van der Waals surface area contributed by atoms with E-state index in [-0.39, 0.29) is 24.2 Å². The third-order valence-corrected chi connectivity index (χ3v) is 4.21. The predicted octanol–water partition coefficient (Wildman–Crippen LogP) is 3.41. The molecule has 2 aromatic rings. The van der Waals surface area contributed by atoms with Gasteiger partial charge in [-0.3, -0.25) is 9.59 Å². The zero-order chi connectivity index (χ0) is 17.3. The van der Waals surface area contributed by atoms with Crippen LogP contribution in [-0.4, -0.2) is 23.3 Å². The summed E-state index contributed by atoms with van der Waals surface area (Å²) in [5.41, 5.74) is 3.34. The van der Waals surface area contributed by atoms with Crippen molar-refractivity contribution in [2.75, 3.05) is 11.9 Å². The Kier molecular flexibility index (Phi) is 4.34. The highest BCUT2D eigenvalue weighted by Crippen LogP contribution is 2.36. The highest BCUT2D eigenvalue weighted by Gasteiger charge is 2.32. The van der Waals surface area contributed by atoms with E-state index in [1.54, 1.807) is 24.0 Å². The van der Waals surface area contributed by atoms with Gasteiger partial charge in [-0.15, -0.1) is 0 Å². The van der Waals surface area contributed by atoms with Crippen molar-refractivity contribution in [1.82, 2.24) is 4.90 Å². The summed E-state index contributed by atoms with van der Waals surface area (Å²) in [6.45, 7) is 3.70. The maximum Gasteiger partial charge on any atom is 0.244 e. The molecule has 0 aliphatic carbocycles. The third kappa shape index (κ3) is 3.02. The minimum atomic E-state index is -0.424. The van der Waals surface area contributed by atoms with Crippen LogP contribution in [0.3, 0.4) is 0 Å². The van der Waals surface area contributed by atoms with Gasteiger partial charge in [0.25, 0.3) is 0 Å². The molecular weight excluding hydrogens is 307 g/mol. The van der Waals surface area contributed by atoms with Crippen molar-refractivity contribution in [3.8, 4) is 0 Å². The minimum absolute atomic E-state index is 0.0254. The smallest absolute Gasteiger partial charge is 0.244 e. The number of carbonyl (C=O) groups excluding carboxylic acids is 2. The lowest BCUT2D eigenvalue weighted by molar-refractivity contribution is -0.135. The molecule has 2 amide bonds. The molecule has 0 bridgehead atoms. The van der Waals surface area contributed by atoms with Crippen LogP contribution in [0.25, 0.3) is 0 Å². The van der Waals surface area contributed by atoms with E-state index in [0.29, 0.717) is 12.1 Å². The number of aryl methyl sites for hydroxylation is 1. The van der Waals surface area contributed by atoms with Crippen LogP contribution in [0, 0.1) is 12.7 Å². The highest BCUT2D eigenvalue weighted by atomic mass is 19.1. The number of fused-ring (bicyclic) bond motifs is 1. The van der Waals surface area contributed by atoms with Gasteiger partial charge in [0.05, 0.1) is 6.04 Å². The molecule has 0 aromatic heterocycles. The van der Waals surface area contributed by atoms with Gasteiger partial charge >= 0.3 is 0 Å². The van der Waals surface area contributed by atoms with Gasteiger partial charge in [0.2, 0.25) is 11.8 Å². The summed E-state index contributed by atoms with van der Waals surface area (Å²) in [6, 6.07) is 11.4. The van der Waals surface area contributed by atoms with E-state index >= 15 is 0 Å². The zero-order valence-electron chi connectivity index (χ0n) is 13.7. The topological polar surface area (TPSA) is 49.4 Å². The Bertz CT molecular complexity index is 786. The summed E-state index contributed by atoms with van der Waals surface area (Å²) in [6.07, 6.45) is 0.298. The fourth-order valence-corrected chi connectivity index (χ4v) is 3.07. The molecule has 0 unspecified atom stereocenters. The molecular formula is C19H19FN2O2. The number of hydrogen-bond donors (Lipinski definition) is 1. The van der Waals surface area contributed by atoms with Crippen molar-refractivity contribution in [3.63, 3.8) is 0 Å². The van der Waals surface area contributed by atoms with E-state index in [9.17, 15) is 14.0 Å². The summed E-state index contributed by atoms with van der Waals surface area (Å²) in [5.74, 6) is -0.681. The maximum atomic E-state index is 13.3. The minimum Gasteiger partial charge on any atom is -0.324 e. The van der Waals surface area contributed by atoms with Gasteiger partial charge in [-0.2, -0.15) is 0 Å². The number of hydrogen-bond acceptors (Lipinski definition) is 2. The molecule has 0 fully saturated rings. The quantitative estimate of drug-likeness (QED) is 0.919. The van der Waals surface area contributed by atoms with E-state index in [1.807, 2.05) is 25.1 Å². The molecule has 1 aliphatic rings. The first-order valence-electron chi connectivity index (χ1n) is 7.95. The lowest BCUT2D eigenvalue weighted by Gasteiger charge is -2.30. The van der Waals surface area contributed by atoms with Gasteiger partial charge in [0.15, 0.2) is 0 Å². The van der Waals surface area contributed by atoms with Gasteiger partial charge < -0.3 is 10.2 Å². The molecule has 1 N–H and O–H groups in total. The Labute approximate surface area is 140 Å². The number of nitrogens with one attached hydrogen (secondary N) is 1. The molecule has 0 saturated carbocycles. The number of anilines is 1. The van der Waals surface area contributed by atoms with Gasteiger partial charge in [0, 0.05) is 17.7 Å². The Hall–Kier alpha value is -2.69. The fraction of sp³-hybridized carbons (Fsp3) is 0.263. The number of benzene rings is 2. The first-order chi connectivity index (χ1) is 11.5. The van der Waals surface area contributed by atoms with Crippen LogP contribution in [0.5, 0.6) is 0 Å².